The van der Waals surface area contributed by atoms with E-state index in [4.69, 9.17) is 9.47 Å². The minimum absolute atomic E-state index is 0.00775. The largest absolute Gasteiger partial charge is 0.464 e. The lowest BCUT2D eigenvalue weighted by Crippen LogP contribution is -2.48. The Morgan fingerprint density at radius 3 is 2.95 bits per heavy atom. The zero-order chi connectivity index (χ0) is 14.4. The molecule has 1 unspecified atom stereocenters. The first-order valence-electron chi connectivity index (χ1n) is 6.86. The van der Waals surface area contributed by atoms with Crippen molar-refractivity contribution >= 4 is 11.9 Å². The number of hydrogen-bond acceptors (Lipinski definition) is 8. The monoisotopic (exact) mass is 283 g/mol. The zero-order valence-corrected chi connectivity index (χ0v) is 11.9. The van der Waals surface area contributed by atoms with Crippen LogP contribution in [-0.2, 0) is 4.74 Å². The quantitative estimate of drug-likeness (QED) is 0.747. The summed E-state index contributed by atoms with van der Waals surface area (Å²) in [6.07, 6.45) is 0. The molecule has 1 aromatic rings. The molecule has 0 amide bonds. The van der Waals surface area contributed by atoms with Crippen LogP contribution >= 0.6 is 0 Å². The molecule has 2 rings (SSSR count). The van der Waals surface area contributed by atoms with Crippen molar-refractivity contribution in [1.82, 2.24) is 15.0 Å². The lowest BCUT2D eigenvalue weighted by molar-refractivity contribution is 0.0717. The molecular weight excluding hydrogens is 262 g/mol. The van der Waals surface area contributed by atoms with E-state index in [9.17, 15) is 5.11 Å². The molecule has 0 aromatic carbocycles. The van der Waals surface area contributed by atoms with Gasteiger partial charge in [0.15, 0.2) is 0 Å². The van der Waals surface area contributed by atoms with Gasteiger partial charge in [0.25, 0.3) is 0 Å². The number of aromatic nitrogens is 3. The molecule has 1 fully saturated rings. The van der Waals surface area contributed by atoms with E-state index in [-0.39, 0.29) is 18.7 Å². The Balaban J connectivity index is 2.27. The topological polar surface area (TPSA) is 92.6 Å². The summed E-state index contributed by atoms with van der Waals surface area (Å²) in [6.45, 7) is 6.71. The number of nitrogens with one attached hydrogen (secondary N) is 1. The van der Waals surface area contributed by atoms with Gasteiger partial charge in [-0.15, -0.1) is 0 Å². The van der Waals surface area contributed by atoms with Crippen LogP contribution in [0.2, 0.25) is 0 Å². The summed E-state index contributed by atoms with van der Waals surface area (Å²) in [4.78, 5) is 14.8. The summed E-state index contributed by atoms with van der Waals surface area (Å²) in [5.41, 5.74) is 0. The standard InChI is InChI=1S/C12H21N5O3/c1-3-13-10-14-11(16-12(15-10)20-4-2)17-5-6-19-8-9(17)7-18/h9,18H,3-8H2,1-2H3,(H,13,14,15,16). The fourth-order valence-corrected chi connectivity index (χ4v) is 1.97. The van der Waals surface area contributed by atoms with Gasteiger partial charge in [-0.3, -0.25) is 0 Å². The van der Waals surface area contributed by atoms with Crippen LogP contribution < -0.4 is 15.0 Å². The molecule has 0 bridgehead atoms. The highest BCUT2D eigenvalue weighted by Crippen LogP contribution is 2.19. The van der Waals surface area contributed by atoms with Crippen molar-refractivity contribution < 1.29 is 14.6 Å². The number of nitrogens with zero attached hydrogens (tertiary/aromatic N) is 4. The van der Waals surface area contributed by atoms with Crippen LogP contribution in [-0.4, -0.2) is 65.6 Å². The van der Waals surface area contributed by atoms with Crippen LogP contribution in [0.5, 0.6) is 6.01 Å². The highest BCUT2D eigenvalue weighted by Gasteiger charge is 2.25. The molecule has 0 saturated carbocycles. The summed E-state index contributed by atoms with van der Waals surface area (Å²) >= 11 is 0. The highest BCUT2D eigenvalue weighted by atomic mass is 16.5. The average Bonchev–Trinajstić information content (AvgIpc) is 2.47. The van der Waals surface area contributed by atoms with E-state index in [0.29, 0.717) is 44.8 Å². The number of rotatable bonds is 6. The van der Waals surface area contributed by atoms with Gasteiger partial charge in [-0.2, -0.15) is 15.0 Å². The van der Waals surface area contributed by atoms with Gasteiger partial charge in [0.2, 0.25) is 11.9 Å². The zero-order valence-electron chi connectivity index (χ0n) is 11.9. The molecule has 8 heteroatoms. The molecule has 1 aromatic heterocycles. The van der Waals surface area contributed by atoms with E-state index in [1.807, 2.05) is 18.7 Å². The summed E-state index contributed by atoms with van der Waals surface area (Å²) in [6, 6.07) is 0.145. The van der Waals surface area contributed by atoms with Gasteiger partial charge < -0.3 is 24.8 Å². The minimum atomic E-state index is -0.143. The van der Waals surface area contributed by atoms with Crippen molar-refractivity contribution in [2.45, 2.75) is 19.9 Å². The smallest absolute Gasteiger partial charge is 0.323 e. The van der Waals surface area contributed by atoms with Crippen LogP contribution in [0.3, 0.4) is 0 Å². The first kappa shape index (κ1) is 14.7. The molecule has 2 N–H and O–H groups in total. The fraction of sp³-hybridized carbons (Fsp3) is 0.750. The number of aliphatic hydroxyl groups excluding tert-OH is 1. The first-order valence-corrected chi connectivity index (χ1v) is 6.86. The number of hydrogen-bond donors (Lipinski definition) is 2. The van der Waals surface area contributed by atoms with Crippen LogP contribution in [0, 0.1) is 0 Å². The fourth-order valence-electron chi connectivity index (χ4n) is 1.97. The Kier molecular flexibility index (Phi) is 5.31. The molecule has 0 aliphatic carbocycles. The number of aliphatic hydroxyl groups is 1. The van der Waals surface area contributed by atoms with Gasteiger partial charge in [0, 0.05) is 13.1 Å². The Hall–Kier alpha value is -1.67. The van der Waals surface area contributed by atoms with Gasteiger partial charge in [0.1, 0.15) is 0 Å². The van der Waals surface area contributed by atoms with Crippen LogP contribution in [0.15, 0.2) is 0 Å². The Morgan fingerprint density at radius 2 is 2.25 bits per heavy atom. The van der Waals surface area contributed by atoms with Crippen molar-refractivity contribution in [1.29, 1.82) is 0 Å². The van der Waals surface area contributed by atoms with E-state index >= 15 is 0 Å². The van der Waals surface area contributed by atoms with Gasteiger partial charge in [0.05, 0.1) is 32.5 Å². The minimum Gasteiger partial charge on any atom is -0.464 e. The molecule has 2 heterocycles. The summed E-state index contributed by atoms with van der Waals surface area (Å²) in [5.74, 6) is 0.978. The molecule has 1 atom stereocenters. The number of anilines is 2. The Labute approximate surface area is 118 Å². The lowest BCUT2D eigenvalue weighted by atomic mass is 10.2. The predicted octanol–water partition coefficient (Wildman–Crippen LogP) is -0.100. The predicted molar refractivity (Wildman–Crippen MR) is 74.2 cm³/mol. The average molecular weight is 283 g/mol. The summed E-state index contributed by atoms with van der Waals surface area (Å²) in [7, 11) is 0. The Morgan fingerprint density at radius 1 is 1.40 bits per heavy atom. The normalized spacial score (nSPS) is 18.9. The van der Waals surface area contributed by atoms with Crippen molar-refractivity contribution in [3.05, 3.63) is 0 Å². The van der Waals surface area contributed by atoms with Gasteiger partial charge in [-0.1, -0.05) is 0 Å². The SMILES string of the molecule is CCNc1nc(OCC)nc(N2CCOCC2CO)n1. The molecular formula is C12H21N5O3. The van der Waals surface area contributed by atoms with E-state index in [1.165, 1.54) is 0 Å². The Bertz CT molecular complexity index is 407. The first-order chi connectivity index (χ1) is 9.78. The third kappa shape index (κ3) is 3.45. The van der Waals surface area contributed by atoms with E-state index < -0.39 is 0 Å². The summed E-state index contributed by atoms with van der Waals surface area (Å²) in [5, 5.41) is 12.5. The maximum Gasteiger partial charge on any atom is 0.323 e. The van der Waals surface area contributed by atoms with Crippen molar-refractivity contribution in [3.63, 3.8) is 0 Å². The lowest BCUT2D eigenvalue weighted by Gasteiger charge is -2.34. The van der Waals surface area contributed by atoms with Crippen LogP contribution in [0.25, 0.3) is 0 Å². The molecule has 0 radical (unpaired) electrons. The second kappa shape index (κ2) is 7.20. The molecule has 1 saturated heterocycles. The molecule has 112 valence electrons. The molecule has 8 nitrogen and oxygen atoms in total. The van der Waals surface area contributed by atoms with Crippen molar-refractivity contribution in [2.24, 2.45) is 0 Å². The molecule has 1 aliphatic heterocycles. The third-order valence-corrected chi connectivity index (χ3v) is 2.91. The second-order valence-corrected chi connectivity index (χ2v) is 4.31. The third-order valence-electron chi connectivity index (χ3n) is 2.91. The van der Waals surface area contributed by atoms with Crippen molar-refractivity contribution in [3.8, 4) is 6.01 Å². The highest BCUT2D eigenvalue weighted by molar-refractivity contribution is 5.40. The van der Waals surface area contributed by atoms with E-state index in [0.717, 1.165) is 0 Å². The van der Waals surface area contributed by atoms with Crippen molar-refractivity contribution in [2.75, 3.05) is 49.7 Å². The number of ether oxygens (including phenoxy) is 2. The molecule has 1 aliphatic rings. The molecule has 0 spiro atoms. The van der Waals surface area contributed by atoms with E-state index in [2.05, 4.69) is 20.3 Å². The van der Waals surface area contributed by atoms with Gasteiger partial charge >= 0.3 is 6.01 Å². The maximum atomic E-state index is 9.43. The number of morpholine rings is 1. The maximum absolute atomic E-state index is 9.43. The van der Waals surface area contributed by atoms with Crippen LogP contribution in [0.4, 0.5) is 11.9 Å². The van der Waals surface area contributed by atoms with Crippen LogP contribution in [0.1, 0.15) is 13.8 Å². The van der Waals surface area contributed by atoms with Gasteiger partial charge in [-0.25, -0.2) is 0 Å². The summed E-state index contributed by atoms with van der Waals surface area (Å²) < 4.78 is 10.7. The van der Waals surface area contributed by atoms with Gasteiger partial charge in [-0.05, 0) is 13.8 Å². The molecule has 20 heavy (non-hydrogen) atoms. The van der Waals surface area contributed by atoms with E-state index in [1.54, 1.807) is 0 Å². The second-order valence-electron chi connectivity index (χ2n) is 4.31.